The van der Waals surface area contributed by atoms with E-state index in [1.165, 1.54) is 15.7 Å². The van der Waals surface area contributed by atoms with Gasteiger partial charge in [0.05, 0.1) is 13.2 Å². The van der Waals surface area contributed by atoms with Crippen LogP contribution in [0.25, 0.3) is 21.8 Å². The van der Waals surface area contributed by atoms with Gasteiger partial charge < -0.3 is 14.4 Å². The summed E-state index contributed by atoms with van der Waals surface area (Å²) < 4.78 is 7.33. The molecule has 0 spiro atoms. The number of nitrogens with zero attached hydrogens (tertiary/aromatic N) is 2. The molecular formula is C30H28N2O3. The van der Waals surface area contributed by atoms with Gasteiger partial charge >= 0.3 is 6.09 Å². The molecule has 0 fully saturated rings. The summed E-state index contributed by atoms with van der Waals surface area (Å²) >= 11 is 0. The maximum Gasteiger partial charge on any atom is 0.416 e. The zero-order chi connectivity index (χ0) is 24.5. The van der Waals surface area contributed by atoms with Crippen LogP contribution in [0.2, 0.25) is 0 Å². The molecule has 0 bridgehead atoms. The van der Waals surface area contributed by atoms with Gasteiger partial charge in [0.25, 0.3) is 0 Å². The molecular weight excluding hydrogens is 436 g/mol. The molecule has 0 saturated carbocycles. The molecule has 5 nitrogen and oxygen atoms in total. The molecule has 4 rings (SSSR count). The number of benzene rings is 3. The van der Waals surface area contributed by atoms with E-state index in [1.807, 2.05) is 30.3 Å². The molecule has 1 unspecified atom stereocenters. The van der Waals surface area contributed by atoms with Crippen LogP contribution in [0.5, 0.6) is 0 Å². The zero-order valence-corrected chi connectivity index (χ0v) is 19.8. The Hall–Kier alpha value is -4.19. The van der Waals surface area contributed by atoms with E-state index in [4.69, 9.17) is 4.74 Å². The molecule has 176 valence electrons. The number of aromatic nitrogens is 1. The minimum absolute atomic E-state index is 0.244. The standard InChI is InChI=1S/C30H28N2O3/c1-2-35-30(34)32(24-16-8-7-9-17-24)29(33)22-10-5-3-4-6-15-23-31-27-20-13-11-18-25(27)26-19-12-14-21-28(26)31/h7-9,11-14,16-21,29,33H,2,5,10,22-23H2,1H3. The summed E-state index contributed by atoms with van der Waals surface area (Å²) in [5, 5.41) is 13.1. The highest BCUT2D eigenvalue weighted by Crippen LogP contribution is 2.28. The number of hydrogen-bond donors (Lipinski definition) is 1. The van der Waals surface area contributed by atoms with Crippen LogP contribution in [0.15, 0.2) is 78.9 Å². The molecule has 5 heteroatoms. The summed E-state index contributed by atoms with van der Waals surface area (Å²) in [4.78, 5) is 13.6. The van der Waals surface area contributed by atoms with Gasteiger partial charge in [-0.3, -0.25) is 4.90 Å². The largest absolute Gasteiger partial charge is 0.449 e. The number of anilines is 1. The third kappa shape index (κ3) is 5.66. The highest BCUT2D eigenvalue weighted by Gasteiger charge is 2.24. The number of fused-ring (bicyclic) bond motifs is 3. The van der Waals surface area contributed by atoms with Crippen molar-refractivity contribution in [2.24, 2.45) is 0 Å². The minimum Gasteiger partial charge on any atom is -0.449 e. The van der Waals surface area contributed by atoms with Gasteiger partial charge in [-0.15, -0.1) is 0 Å². The van der Waals surface area contributed by atoms with Crippen LogP contribution in [0.3, 0.4) is 0 Å². The number of rotatable bonds is 7. The zero-order valence-electron chi connectivity index (χ0n) is 19.8. The first-order valence-corrected chi connectivity index (χ1v) is 11.8. The predicted molar refractivity (Wildman–Crippen MR) is 141 cm³/mol. The fraction of sp³-hybridized carbons (Fsp3) is 0.233. The van der Waals surface area contributed by atoms with E-state index in [2.05, 4.69) is 64.6 Å². The second-order valence-corrected chi connectivity index (χ2v) is 8.00. The third-order valence-corrected chi connectivity index (χ3v) is 5.72. The lowest BCUT2D eigenvalue weighted by Crippen LogP contribution is -2.40. The van der Waals surface area contributed by atoms with Crippen molar-refractivity contribution in [3.05, 3.63) is 78.9 Å². The van der Waals surface area contributed by atoms with Gasteiger partial charge in [-0.2, -0.15) is 0 Å². The van der Waals surface area contributed by atoms with Crippen molar-refractivity contribution >= 4 is 33.6 Å². The molecule has 1 aromatic heterocycles. The van der Waals surface area contributed by atoms with Gasteiger partial charge in [0.1, 0.15) is 6.23 Å². The molecule has 0 saturated heterocycles. The third-order valence-electron chi connectivity index (χ3n) is 5.72. The maximum atomic E-state index is 12.3. The Labute approximate surface area is 205 Å². The molecule has 1 amide bonds. The molecule has 0 aliphatic carbocycles. The Morgan fingerprint density at radius 2 is 1.51 bits per heavy atom. The SMILES string of the molecule is CCOC(=O)N(c1ccccc1)C(O)CCCC#CC#CCn1c2ccccc2c2ccccc21. The maximum absolute atomic E-state index is 12.3. The Kier molecular flexibility index (Phi) is 8.07. The average Bonchev–Trinajstić information content (AvgIpc) is 3.20. The van der Waals surface area contributed by atoms with Crippen molar-refractivity contribution < 1.29 is 14.6 Å². The van der Waals surface area contributed by atoms with E-state index in [9.17, 15) is 9.90 Å². The summed E-state index contributed by atoms with van der Waals surface area (Å²) in [6.07, 6.45) is 0.0442. The van der Waals surface area contributed by atoms with E-state index < -0.39 is 12.3 Å². The summed E-state index contributed by atoms with van der Waals surface area (Å²) in [5.41, 5.74) is 2.92. The van der Waals surface area contributed by atoms with E-state index in [-0.39, 0.29) is 6.61 Å². The molecule has 35 heavy (non-hydrogen) atoms. The van der Waals surface area contributed by atoms with Crippen molar-refractivity contribution in [2.45, 2.75) is 39.0 Å². The van der Waals surface area contributed by atoms with Crippen LogP contribution in [0.1, 0.15) is 26.2 Å². The van der Waals surface area contributed by atoms with Gasteiger partial charge in [0, 0.05) is 33.9 Å². The Morgan fingerprint density at radius 3 is 2.17 bits per heavy atom. The second-order valence-electron chi connectivity index (χ2n) is 8.00. The average molecular weight is 465 g/mol. The quantitative estimate of drug-likeness (QED) is 0.209. The van der Waals surface area contributed by atoms with Gasteiger partial charge in [-0.05, 0) is 55.9 Å². The summed E-state index contributed by atoms with van der Waals surface area (Å²) in [6.45, 7) is 2.55. The molecule has 3 aromatic carbocycles. The Balaban J connectivity index is 1.34. The van der Waals surface area contributed by atoms with E-state index in [1.54, 1.807) is 19.1 Å². The number of hydrogen-bond acceptors (Lipinski definition) is 3. The predicted octanol–water partition coefficient (Wildman–Crippen LogP) is 5.95. The summed E-state index contributed by atoms with van der Waals surface area (Å²) in [5.74, 6) is 12.1. The Bertz CT molecular complexity index is 1360. The first-order chi connectivity index (χ1) is 17.2. The highest BCUT2D eigenvalue weighted by molar-refractivity contribution is 6.08. The minimum atomic E-state index is -0.986. The van der Waals surface area contributed by atoms with Crippen molar-refractivity contribution in [3.8, 4) is 23.7 Å². The number of carbonyl (C=O) groups excluding carboxylic acids is 1. The number of ether oxygens (including phenoxy) is 1. The van der Waals surface area contributed by atoms with E-state index in [0.717, 1.165) is 11.0 Å². The Morgan fingerprint density at radius 1 is 0.914 bits per heavy atom. The van der Waals surface area contributed by atoms with Crippen molar-refractivity contribution in [1.29, 1.82) is 0 Å². The summed E-state index contributed by atoms with van der Waals surface area (Å²) in [7, 11) is 0. The van der Waals surface area contributed by atoms with Crippen LogP contribution in [0, 0.1) is 23.7 Å². The molecule has 0 aliphatic heterocycles. The van der Waals surface area contributed by atoms with Crippen LogP contribution >= 0.6 is 0 Å². The van der Waals surface area contributed by atoms with Crippen molar-refractivity contribution in [2.75, 3.05) is 11.5 Å². The van der Waals surface area contributed by atoms with Gasteiger partial charge in [0.15, 0.2) is 0 Å². The van der Waals surface area contributed by atoms with Gasteiger partial charge in [-0.25, -0.2) is 4.79 Å². The van der Waals surface area contributed by atoms with Crippen LogP contribution < -0.4 is 4.90 Å². The van der Waals surface area contributed by atoms with Gasteiger partial charge in [0.2, 0.25) is 0 Å². The lowest BCUT2D eigenvalue weighted by atomic mass is 10.2. The smallest absolute Gasteiger partial charge is 0.416 e. The number of amides is 1. The van der Waals surface area contributed by atoms with E-state index >= 15 is 0 Å². The van der Waals surface area contributed by atoms with Gasteiger partial charge in [-0.1, -0.05) is 66.4 Å². The van der Waals surface area contributed by atoms with Crippen LogP contribution in [-0.4, -0.2) is 28.6 Å². The first-order valence-electron chi connectivity index (χ1n) is 11.8. The number of para-hydroxylation sites is 3. The second kappa shape index (κ2) is 11.8. The fourth-order valence-corrected chi connectivity index (χ4v) is 4.13. The van der Waals surface area contributed by atoms with Crippen molar-refractivity contribution in [1.82, 2.24) is 4.57 Å². The molecule has 0 radical (unpaired) electrons. The van der Waals surface area contributed by atoms with E-state index in [0.29, 0.717) is 31.5 Å². The monoisotopic (exact) mass is 464 g/mol. The number of aliphatic hydroxyl groups is 1. The molecule has 1 N–H and O–H groups in total. The van der Waals surface area contributed by atoms with Crippen molar-refractivity contribution in [3.63, 3.8) is 0 Å². The fourth-order valence-electron chi connectivity index (χ4n) is 4.13. The first kappa shape index (κ1) is 24.0. The normalized spacial score (nSPS) is 11.3. The lowest BCUT2D eigenvalue weighted by molar-refractivity contribution is 0.119. The molecule has 0 aliphatic rings. The molecule has 1 heterocycles. The topological polar surface area (TPSA) is 54.7 Å². The summed E-state index contributed by atoms with van der Waals surface area (Å²) in [6, 6.07) is 25.7. The number of carbonyl (C=O) groups is 1. The van der Waals surface area contributed by atoms with Crippen LogP contribution in [-0.2, 0) is 11.3 Å². The highest BCUT2D eigenvalue weighted by atomic mass is 16.6. The van der Waals surface area contributed by atoms with Crippen LogP contribution in [0.4, 0.5) is 10.5 Å². The lowest BCUT2D eigenvalue weighted by Gasteiger charge is -2.27. The number of aliphatic hydroxyl groups excluding tert-OH is 1. The number of unbranched alkanes of at least 4 members (excludes halogenated alkanes) is 1. The molecule has 4 aromatic rings. The molecule has 1 atom stereocenters.